The van der Waals surface area contributed by atoms with Crippen LogP contribution in [0.15, 0.2) is 40.3 Å². The van der Waals surface area contributed by atoms with Crippen molar-refractivity contribution < 1.29 is 4.79 Å². The number of hydrogen-bond donors (Lipinski definition) is 0. The van der Waals surface area contributed by atoms with Crippen LogP contribution in [0.5, 0.6) is 0 Å². The first kappa shape index (κ1) is 17.5. The third kappa shape index (κ3) is 3.12. The van der Waals surface area contributed by atoms with Crippen molar-refractivity contribution >= 4 is 39.1 Å². The van der Waals surface area contributed by atoms with E-state index in [1.165, 1.54) is 22.2 Å². The number of aromatic nitrogens is 2. The largest absolute Gasteiger partial charge is 0.299 e. The Balaban J connectivity index is 1.96. The molecule has 134 valence electrons. The number of carbonyl (C=O) groups is 1. The number of thiophene rings is 1. The summed E-state index contributed by atoms with van der Waals surface area (Å²) < 4.78 is 1.67. The number of fused-ring (bicyclic) bond motifs is 3. The molecule has 0 spiro atoms. The van der Waals surface area contributed by atoms with Crippen molar-refractivity contribution in [3.8, 4) is 5.69 Å². The van der Waals surface area contributed by atoms with Crippen molar-refractivity contribution in [1.82, 2.24) is 9.55 Å². The van der Waals surface area contributed by atoms with Crippen LogP contribution in [0.4, 0.5) is 0 Å². The van der Waals surface area contributed by atoms with Gasteiger partial charge in [-0.2, -0.15) is 0 Å². The van der Waals surface area contributed by atoms with Crippen LogP contribution in [0, 0.1) is 5.92 Å². The van der Waals surface area contributed by atoms with Crippen molar-refractivity contribution in [2.75, 3.05) is 5.75 Å². The fourth-order valence-corrected chi connectivity index (χ4v) is 5.68. The monoisotopic (exact) mass is 384 g/mol. The van der Waals surface area contributed by atoms with Crippen molar-refractivity contribution in [2.45, 2.75) is 38.3 Å². The molecule has 0 amide bonds. The molecule has 1 atom stereocenters. The molecule has 1 aliphatic carbocycles. The Morgan fingerprint density at radius 2 is 2.12 bits per heavy atom. The highest BCUT2D eigenvalue weighted by atomic mass is 32.2. The molecule has 1 aliphatic rings. The smallest absolute Gasteiger partial charge is 0.267 e. The average Bonchev–Trinajstić information content (AvgIpc) is 2.98. The molecule has 0 bridgehead atoms. The van der Waals surface area contributed by atoms with E-state index >= 15 is 0 Å². The van der Waals surface area contributed by atoms with E-state index in [1.54, 1.807) is 22.8 Å². The molecular weight excluding hydrogens is 364 g/mol. The van der Waals surface area contributed by atoms with Crippen molar-refractivity contribution in [3.63, 3.8) is 0 Å². The number of rotatable bonds is 4. The molecule has 0 radical (unpaired) electrons. The lowest BCUT2D eigenvalue weighted by Gasteiger charge is -2.17. The highest BCUT2D eigenvalue weighted by molar-refractivity contribution is 7.99. The summed E-state index contributed by atoms with van der Waals surface area (Å²) >= 11 is 2.98. The molecule has 0 saturated carbocycles. The van der Waals surface area contributed by atoms with Crippen LogP contribution in [-0.2, 0) is 17.6 Å². The molecule has 0 aliphatic heterocycles. The molecule has 0 unspecified atom stereocenters. The summed E-state index contributed by atoms with van der Waals surface area (Å²) in [6, 6.07) is 9.57. The summed E-state index contributed by atoms with van der Waals surface area (Å²) in [4.78, 5) is 31.8. The summed E-state index contributed by atoms with van der Waals surface area (Å²) in [5, 5.41) is 1.36. The maximum Gasteiger partial charge on any atom is 0.267 e. The van der Waals surface area contributed by atoms with Gasteiger partial charge in [-0.05, 0) is 49.8 Å². The third-order valence-corrected chi connectivity index (χ3v) is 6.95. The summed E-state index contributed by atoms with van der Waals surface area (Å²) in [5.41, 5.74) is 1.97. The Morgan fingerprint density at radius 3 is 2.85 bits per heavy atom. The number of para-hydroxylation sites is 1. The van der Waals surface area contributed by atoms with Gasteiger partial charge in [0.05, 0.1) is 16.8 Å². The Bertz CT molecular complexity index is 1040. The number of Topliss-reactive ketones (excluding diaryl/α,β-unsaturated/α-hetero) is 1. The molecule has 0 N–H and O–H groups in total. The summed E-state index contributed by atoms with van der Waals surface area (Å²) in [5.74, 6) is 1.04. The van der Waals surface area contributed by atoms with Crippen LogP contribution in [0.2, 0.25) is 0 Å². The predicted octanol–water partition coefficient (Wildman–Crippen LogP) is 4.25. The molecule has 2 aromatic heterocycles. The molecule has 26 heavy (non-hydrogen) atoms. The van der Waals surface area contributed by atoms with Gasteiger partial charge >= 0.3 is 0 Å². The Kier molecular flexibility index (Phi) is 4.71. The highest BCUT2D eigenvalue weighted by Crippen LogP contribution is 2.36. The molecule has 4 nitrogen and oxygen atoms in total. The maximum absolute atomic E-state index is 13.4. The molecule has 0 saturated heterocycles. The highest BCUT2D eigenvalue weighted by Gasteiger charge is 2.25. The normalized spacial score (nSPS) is 16.6. The van der Waals surface area contributed by atoms with E-state index in [2.05, 4.69) is 6.92 Å². The van der Waals surface area contributed by atoms with Gasteiger partial charge < -0.3 is 0 Å². The number of hydrogen-bond acceptors (Lipinski definition) is 5. The topological polar surface area (TPSA) is 52.0 Å². The first-order valence-corrected chi connectivity index (χ1v) is 10.6. The van der Waals surface area contributed by atoms with Crippen LogP contribution in [-0.4, -0.2) is 21.1 Å². The average molecular weight is 385 g/mol. The van der Waals surface area contributed by atoms with E-state index < -0.39 is 0 Å². The van der Waals surface area contributed by atoms with Crippen LogP contribution in [0.3, 0.4) is 0 Å². The lowest BCUT2D eigenvalue weighted by atomic mass is 9.89. The molecule has 2 heterocycles. The Hall–Kier alpha value is -1.92. The number of benzene rings is 1. The zero-order chi connectivity index (χ0) is 18.3. The third-order valence-electron chi connectivity index (χ3n) is 4.72. The van der Waals surface area contributed by atoms with E-state index in [-0.39, 0.29) is 11.3 Å². The predicted molar refractivity (Wildman–Crippen MR) is 108 cm³/mol. The minimum atomic E-state index is -0.0145. The zero-order valence-corrected chi connectivity index (χ0v) is 16.5. The fourth-order valence-electron chi connectivity index (χ4n) is 3.44. The van der Waals surface area contributed by atoms with E-state index in [0.717, 1.165) is 35.2 Å². The van der Waals surface area contributed by atoms with Crippen LogP contribution in [0.25, 0.3) is 15.9 Å². The molecule has 6 heteroatoms. The van der Waals surface area contributed by atoms with E-state index in [1.807, 2.05) is 30.3 Å². The minimum absolute atomic E-state index is 0.0145. The second kappa shape index (κ2) is 7.00. The molecule has 1 aromatic carbocycles. The van der Waals surface area contributed by atoms with Gasteiger partial charge in [0.25, 0.3) is 5.56 Å². The zero-order valence-electron chi connectivity index (χ0n) is 14.8. The Labute approximate surface area is 160 Å². The van der Waals surface area contributed by atoms with Gasteiger partial charge in [0.15, 0.2) is 5.16 Å². The standard InChI is InChI=1S/C20H20N2O2S2/c1-12-8-9-15-16(10-12)26-18-17(15)19(24)22(14-6-4-3-5-7-14)20(21-18)25-11-13(2)23/h3-7,12H,8-11H2,1-2H3/t12-/m0/s1. The summed E-state index contributed by atoms with van der Waals surface area (Å²) in [6.45, 7) is 3.82. The second-order valence-electron chi connectivity index (χ2n) is 6.89. The number of aryl methyl sites for hydroxylation is 1. The minimum Gasteiger partial charge on any atom is -0.299 e. The van der Waals surface area contributed by atoms with E-state index in [4.69, 9.17) is 4.98 Å². The quantitative estimate of drug-likeness (QED) is 0.498. The van der Waals surface area contributed by atoms with Gasteiger partial charge in [0.2, 0.25) is 0 Å². The maximum atomic E-state index is 13.4. The van der Waals surface area contributed by atoms with Gasteiger partial charge in [-0.15, -0.1) is 11.3 Å². The van der Waals surface area contributed by atoms with Crippen LogP contribution < -0.4 is 5.56 Å². The molecule has 0 fully saturated rings. The van der Waals surface area contributed by atoms with Gasteiger partial charge in [0.1, 0.15) is 10.6 Å². The number of carbonyl (C=O) groups excluding carboxylic acids is 1. The summed E-state index contributed by atoms with van der Waals surface area (Å²) in [6.07, 6.45) is 3.09. The first-order valence-electron chi connectivity index (χ1n) is 8.79. The first-order chi connectivity index (χ1) is 12.5. The van der Waals surface area contributed by atoms with Crippen molar-refractivity contribution in [2.24, 2.45) is 5.92 Å². The van der Waals surface area contributed by atoms with E-state index in [0.29, 0.717) is 16.8 Å². The van der Waals surface area contributed by atoms with Gasteiger partial charge in [0, 0.05) is 4.88 Å². The van der Waals surface area contributed by atoms with Crippen LogP contribution >= 0.6 is 23.1 Å². The molecule has 3 aromatic rings. The molecular formula is C20H20N2O2S2. The van der Waals surface area contributed by atoms with Gasteiger partial charge in [-0.25, -0.2) is 4.98 Å². The van der Waals surface area contributed by atoms with Crippen molar-refractivity contribution in [1.29, 1.82) is 0 Å². The number of ketones is 1. The van der Waals surface area contributed by atoms with Gasteiger partial charge in [-0.1, -0.05) is 36.9 Å². The number of nitrogens with zero attached hydrogens (tertiary/aromatic N) is 2. The molecule has 4 rings (SSSR count). The van der Waals surface area contributed by atoms with Gasteiger partial charge in [-0.3, -0.25) is 14.2 Å². The second-order valence-corrected chi connectivity index (χ2v) is 8.92. The SMILES string of the molecule is CC(=O)CSc1nc2sc3c(c2c(=O)n1-c1ccccc1)CC[C@H](C)C3. The summed E-state index contributed by atoms with van der Waals surface area (Å²) in [7, 11) is 0. The van der Waals surface area contributed by atoms with Crippen molar-refractivity contribution in [3.05, 3.63) is 51.1 Å². The Morgan fingerprint density at radius 1 is 1.35 bits per heavy atom. The van der Waals surface area contributed by atoms with E-state index in [9.17, 15) is 9.59 Å². The van der Waals surface area contributed by atoms with Crippen LogP contribution in [0.1, 0.15) is 30.7 Å². The fraction of sp³-hybridized carbons (Fsp3) is 0.350. The number of thioether (sulfide) groups is 1. The lowest BCUT2D eigenvalue weighted by molar-refractivity contribution is -0.114. The lowest BCUT2D eigenvalue weighted by Crippen LogP contribution is -2.22.